The summed E-state index contributed by atoms with van der Waals surface area (Å²) in [5.41, 5.74) is 1.24. The van der Waals surface area contributed by atoms with Crippen molar-refractivity contribution in [3.63, 3.8) is 0 Å². The Morgan fingerprint density at radius 2 is 2.11 bits per heavy atom. The maximum absolute atomic E-state index is 12.1. The maximum atomic E-state index is 12.1. The number of aromatic nitrogens is 1. The predicted octanol–water partition coefficient (Wildman–Crippen LogP) is 2.81. The average molecular weight is 258 g/mol. The molecule has 1 aromatic carbocycles. The molecule has 1 saturated carbocycles. The number of methoxy groups -OCH3 is 1. The Morgan fingerprint density at radius 1 is 1.37 bits per heavy atom. The normalized spacial score (nSPS) is 14.2. The van der Waals surface area contributed by atoms with Crippen molar-refractivity contribution >= 4 is 11.6 Å². The molecule has 1 aromatic heterocycles. The van der Waals surface area contributed by atoms with E-state index in [0.29, 0.717) is 22.9 Å². The zero-order valence-corrected chi connectivity index (χ0v) is 10.6. The Bertz CT molecular complexity index is 585. The average Bonchev–Trinajstić information content (AvgIpc) is 3.16. The first kappa shape index (κ1) is 11.8. The molecule has 1 aliphatic rings. The lowest BCUT2D eigenvalue weighted by molar-refractivity contribution is 0.102. The van der Waals surface area contributed by atoms with Crippen LogP contribution in [0, 0.1) is 0 Å². The molecule has 0 aliphatic heterocycles. The molecule has 0 spiro atoms. The van der Waals surface area contributed by atoms with Crippen molar-refractivity contribution in [2.24, 2.45) is 0 Å². The van der Waals surface area contributed by atoms with Crippen LogP contribution in [-0.4, -0.2) is 18.2 Å². The number of hydrogen-bond acceptors (Lipinski definition) is 4. The topological polar surface area (TPSA) is 64.4 Å². The van der Waals surface area contributed by atoms with Gasteiger partial charge < -0.3 is 14.6 Å². The molecule has 98 valence electrons. The fraction of sp³-hybridized carbons (Fsp3) is 0.286. The Kier molecular flexibility index (Phi) is 2.95. The van der Waals surface area contributed by atoms with E-state index in [2.05, 4.69) is 10.5 Å². The third kappa shape index (κ3) is 2.45. The lowest BCUT2D eigenvalue weighted by Gasteiger charge is -2.05. The van der Waals surface area contributed by atoms with Crippen LogP contribution < -0.4 is 10.1 Å². The fourth-order valence-corrected chi connectivity index (χ4v) is 1.93. The van der Waals surface area contributed by atoms with E-state index in [9.17, 15) is 4.79 Å². The Hall–Kier alpha value is -2.30. The van der Waals surface area contributed by atoms with Crippen molar-refractivity contribution in [2.75, 3.05) is 12.4 Å². The van der Waals surface area contributed by atoms with E-state index < -0.39 is 0 Å². The van der Waals surface area contributed by atoms with Gasteiger partial charge in [-0.15, -0.1) is 0 Å². The van der Waals surface area contributed by atoms with Gasteiger partial charge >= 0.3 is 0 Å². The lowest BCUT2D eigenvalue weighted by Crippen LogP contribution is -2.12. The second kappa shape index (κ2) is 4.76. The third-order valence-electron chi connectivity index (χ3n) is 3.14. The first-order valence-electron chi connectivity index (χ1n) is 6.18. The number of carbonyl (C=O) groups is 1. The van der Waals surface area contributed by atoms with Crippen molar-refractivity contribution in [2.45, 2.75) is 18.8 Å². The van der Waals surface area contributed by atoms with E-state index in [1.807, 2.05) is 0 Å². The summed E-state index contributed by atoms with van der Waals surface area (Å²) in [7, 11) is 1.60. The smallest absolute Gasteiger partial charge is 0.260 e. The molecule has 2 aromatic rings. The molecule has 19 heavy (non-hydrogen) atoms. The second-order valence-corrected chi connectivity index (χ2v) is 4.56. The van der Waals surface area contributed by atoms with Crippen LogP contribution >= 0.6 is 0 Å². The number of benzene rings is 1. The molecule has 1 heterocycles. The van der Waals surface area contributed by atoms with Crippen LogP contribution in [0.25, 0.3) is 0 Å². The highest BCUT2D eigenvalue weighted by atomic mass is 16.5. The fourth-order valence-electron chi connectivity index (χ4n) is 1.93. The largest absolute Gasteiger partial charge is 0.497 e. The van der Waals surface area contributed by atoms with Crippen LogP contribution in [0.15, 0.2) is 35.0 Å². The van der Waals surface area contributed by atoms with E-state index in [4.69, 9.17) is 9.26 Å². The third-order valence-corrected chi connectivity index (χ3v) is 3.14. The monoisotopic (exact) mass is 258 g/mol. The zero-order chi connectivity index (χ0) is 13.2. The minimum Gasteiger partial charge on any atom is -0.497 e. The molecule has 1 aliphatic carbocycles. The minimum atomic E-state index is -0.187. The molecule has 0 saturated heterocycles. The number of hydrogen-bond donors (Lipinski definition) is 1. The van der Waals surface area contributed by atoms with Crippen molar-refractivity contribution in [1.82, 2.24) is 5.16 Å². The van der Waals surface area contributed by atoms with Gasteiger partial charge in [0.25, 0.3) is 5.91 Å². The molecule has 1 fully saturated rings. The van der Waals surface area contributed by atoms with E-state index in [1.54, 1.807) is 31.4 Å². The van der Waals surface area contributed by atoms with Gasteiger partial charge in [0, 0.05) is 11.6 Å². The number of rotatable bonds is 4. The maximum Gasteiger partial charge on any atom is 0.260 e. The Labute approximate surface area is 110 Å². The minimum absolute atomic E-state index is 0.187. The number of ether oxygens (including phenoxy) is 1. The van der Waals surface area contributed by atoms with Gasteiger partial charge in [0.15, 0.2) is 5.76 Å². The second-order valence-electron chi connectivity index (χ2n) is 4.56. The number of nitrogens with zero attached hydrogens (tertiary/aromatic N) is 1. The quantitative estimate of drug-likeness (QED) is 0.915. The number of nitrogens with one attached hydrogen (secondary N) is 1. The first-order valence-corrected chi connectivity index (χ1v) is 6.18. The SMILES string of the molecule is COc1ccc(NC(=O)c2cnoc2C2CC2)cc1. The summed E-state index contributed by atoms with van der Waals surface area (Å²) in [5, 5.41) is 6.54. The van der Waals surface area contributed by atoms with Crippen molar-refractivity contribution < 1.29 is 14.1 Å². The summed E-state index contributed by atoms with van der Waals surface area (Å²) in [6.45, 7) is 0. The molecule has 0 atom stereocenters. The number of amides is 1. The van der Waals surface area contributed by atoms with E-state index in [1.165, 1.54) is 6.20 Å². The van der Waals surface area contributed by atoms with Gasteiger partial charge in [-0.1, -0.05) is 5.16 Å². The van der Waals surface area contributed by atoms with Gasteiger partial charge in [-0.05, 0) is 37.1 Å². The van der Waals surface area contributed by atoms with Crippen molar-refractivity contribution in [1.29, 1.82) is 0 Å². The first-order chi connectivity index (χ1) is 9.28. The standard InChI is InChI=1S/C14H14N2O3/c1-18-11-6-4-10(5-7-11)16-14(17)12-8-15-19-13(12)9-2-3-9/h4-9H,2-3H2,1H3,(H,16,17). The lowest BCUT2D eigenvalue weighted by atomic mass is 10.2. The highest BCUT2D eigenvalue weighted by Crippen LogP contribution is 2.41. The van der Waals surface area contributed by atoms with Crippen LogP contribution in [0.3, 0.4) is 0 Å². The predicted molar refractivity (Wildman–Crippen MR) is 69.4 cm³/mol. The molecule has 1 amide bonds. The van der Waals surface area contributed by atoms with Gasteiger partial charge in [-0.25, -0.2) is 0 Å². The van der Waals surface area contributed by atoms with E-state index in [0.717, 1.165) is 18.6 Å². The van der Waals surface area contributed by atoms with E-state index in [-0.39, 0.29) is 5.91 Å². The van der Waals surface area contributed by atoms with Crippen LogP contribution in [0.4, 0.5) is 5.69 Å². The Balaban J connectivity index is 1.74. The van der Waals surface area contributed by atoms with Gasteiger partial charge in [-0.2, -0.15) is 0 Å². The molecule has 0 bridgehead atoms. The Morgan fingerprint density at radius 3 is 2.74 bits per heavy atom. The summed E-state index contributed by atoms with van der Waals surface area (Å²) in [6, 6.07) is 7.18. The van der Waals surface area contributed by atoms with Crippen LogP contribution in [0.5, 0.6) is 5.75 Å². The van der Waals surface area contributed by atoms with Gasteiger partial charge in [0.2, 0.25) is 0 Å². The molecule has 5 heteroatoms. The highest BCUT2D eigenvalue weighted by Gasteiger charge is 2.32. The molecular weight excluding hydrogens is 244 g/mol. The highest BCUT2D eigenvalue weighted by molar-refractivity contribution is 6.04. The van der Waals surface area contributed by atoms with Crippen LogP contribution in [-0.2, 0) is 0 Å². The molecule has 5 nitrogen and oxygen atoms in total. The molecular formula is C14H14N2O3. The summed E-state index contributed by atoms with van der Waals surface area (Å²) < 4.78 is 10.2. The van der Waals surface area contributed by atoms with Crippen molar-refractivity contribution in [3.8, 4) is 5.75 Å². The molecule has 0 unspecified atom stereocenters. The zero-order valence-electron chi connectivity index (χ0n) is 10.6. The van der Waals surface area contributed by atoms with Gasteiger partial charge in [0.1, 0.15) is 11.3 Å². The van der Waals surface area contributed by atoms with Crippen LogP contribution in [0.1, 0.15) is 34.9 Å². The van der Waals surface area contributed by atoms with Gasteiger partial charge in [-0.3, -0.25) is 4.79 Å². The van der Waals surface area contributed by atoms with Crippen molar-refractivity contribution in [3.05, 3.63) is 41.8 Å². The summed E-state index contributed by atoms with van der Waals surface area (Å²) in [5.74, 6) is 1.63. The number of carbonyl (C=O) groups excluding carboxylic acids is 1. The summed E-state index contributed by atoms with van der Waals surface area (Å²) in [4.78, 5) is 12.1. The number of anilines is 1. The summed E-state index contributed by atoms with van der Waals surface area (Å²) in [6.07, 6.45) is 3.61. The molecule has 3 rings (SSSR count). The van der Waals surface area contributed by atoms with Gasteiger partial charge in [0.05, 0.1) is 13.3 Å². The molecule has 1 N–H and O–H groups in total. The van der Waals surface area contributed by atoms with Crippen LogP contribution in [0.2, 0.25) is 0 Å². The molecule has 0 radical (unpaired) electrons. The van der Waals surface area contributed by atoms with E-state index >= 15 is 0 Å². The summed E-state index contributed by atoms with van der Waals surface area (Å²) >= 11 is 0.